The minimum Gasteiger partial charge on any atom is -0.341 e. The molecule has 1 rings (SSSR count). The summed E-state index contributed by atoms with van der Waals surface area (Å²) in [5.74, 6) is -0.0881. The van der Waals surface area contributed by atoms with Crippen molar-refractivity contribution >= 4 is 17.5 Å². The van der Waals surface area contributed by atoms with Gasteiger partial charge in [0.05, 0.1) is 0 Å². The number of carbonyl (C=O) groups excluding carboxylic acids is 2. The van der Waals surface area contributed by atoms with Gasteiger partial charge in [-0.3, -0.25) is 9.59 Å². The van der Waals surface area contributed by atoms with E-state index in [1.165, 1.54) is 6.92 Å². The Balaban J connectivity index is 2.99. The molecule has 0 aliphatic heterocycles. The van der Waals surface area contributed by atoms with Gasteiger partial charge in [-0.2, -0.15) is 0 Å². The second kappa shape index (κ2) is 8.57. The van der Waals surface area contributed by atoms with Crippen LogP contribution in [0, 0.1) is 13.8 Å². The largest absolute Gasteiger partial charge is 0.341 e. The first-order valence-corrected chi connectivity index (χ1v) is 8.03. The van der Waals surface area contributed by atoms with Crippen molar-refractivity contribution in [1.29, 1.82) is 0 Å². The molecule has 0 N–H and O–H groups in total. The number of anilines is 1. The van der Waals surface area contributed by atoms with Crippen LogP contribution in [0.25, 0.3) is 0 Å². The predicted octanol–water partition coefficient (Wildman–Crippen LogP) is 3.30. The van der Waals surface area contributed by atoms with Crippen LogP contribution in [0.2, 0.25) is 0 Å². The maximum atomic E-state index is 12.5. The minimum atomic E-state index is -0.102. The molecule has 0 atom stereocenters. The van der Waals surface area contributed by atoms with Gasteiger partial charge < -0.3 is 9.80 Å². The Hall–Kier alpha value is -1.84. The van der Waals surface area contributed by atoms with Crippen LogP contribution < -0.4 is 4.90 Å². The minimum absolute atomic E-state index is 0.0137. The number of rotatable bonds is 7. The fourth-order valence-electron chi connectivity index (χ4n) is 2.51. The van der Waals surface area contributed by atoms with Gasteiger partial charge in [0.15, 0.2) is 0 Å². The van der Waals surface area contributed by atoms with Crippen molar-refractivity contribution in [3.63, 3.8) is 0 Å². The number of benzene rings is 1. The first kappa shape index (κ1) is 18.2. The zero-order chi connectivity index (χ0) is 16.7. The second-order valence-electron chi connectivity index (χ2n) is 5.78. The van der Waals surface area contributed by atoms with Crippen LogP contribution in [0.3, 0.4) is 0 Å². The summed E-state index contributed by atoms with van der Waals surface area (Å²) in [5, 5.41) is 0. The lowest BCUT2D eigenvalue weighted by atomic mass is 10.1. The Kier molecular flexibility index (Phi) is 7.09. The molecule has 0 aromatic heterocycles. The third kappa shape index (κ3) is 4.86. The van der Waals surface area contributed by atoms with E-state index in [1.807, 2.05) is 36.9 Å². The van der Waals surface area contributed by atoms with Crippen molar-refractivity contribution < 1.29 is 9.59 Å². The van der Waals surface area contributed by atoms with E-state index >= 15 is 0 Å². The summed E-state index contributed by atoms with van der Waals surface area (Å²) in [6.45, 7) is 11.2. The molecular weight excluding hydrogens is 276 g/mol. The predicted molar refractivity (Wildman–Crippen MR) is 91.1 cm³/mol. The van der Waals surface area contributed by atoms with Crippen LogP contribution in [0.1, 0.15) is 44.7 Å². The molecule has 0 fully saturated rings. The molecular formula is C18H28N2O2. The van der Waals surface area contributed by atoms with Crippen molar-refractivity contribution in [3.8, 4) is 0 Å². The smallest absolute Gasteiger partial charge is 0.242 e. The summed E-state index contributed by atoms with van der Waals surface area (Å²) in [6, 6.07) is 5.97. The standard InChI is InChI=1S/C18H28N2O2/c1-6-10-19(11-7-2)18(22)13-20(16(5)21)17-12-14(3)8-9-15(17)4/h8-9,12H,6-7,10-11,13H2,1-5H3. The van der Waals surface area contributed by atoms with Crippen LogP contribution in [0.15, 0.2) is 18.2 Å². The Morgan fingerprint density at radius 3 is 2.14 bits per heavy atom. The average Bonchev–Trinajstić information content (AvgIpc) is 2.46. The summed E-state index contributed by atoms with van der Waals surface area (Å²) >= 11 is 0. The molecule has 0 bridgehead atoms. The first-order valence-electron chi connectivity index (χ1n) is 8.03. The summed E-state index contributed by atoms with van der Waals surface area (Å²) < 4.78 is 0. The lowest BCUT2D eigenvalue weighted by Crippen LogP contribution is -2.43. The molecule has 0 radical (unpaired) electrons. The molecule has 0 aliphatic rings. The first-order chi connectivity index (χ1) is 10.4. The summed E-state index contributed by atoms with van der Waals surface area (Å²) in [5.41, 5.74) is 2.92. The van der Waals surface area contributed by atoms with E-state index in [1.54, 1.807) is 4.90 Å². The molecule has 122 valence electrons. The maximum absolute atomic E-state index is 12.5. The average molecular weight is 304 g/mol. The molecule has 0 spiro atoms. The third-order valence-electron chi connectivity index (χ3n) is 3.67. The van der Waals surface area contributed by atoms with Gasteiger partial charge in [0, 0.05) is 25.7 Å². The lowest BCUT2D eigenvalue weighted by Gasteiger charge is -2.27. The fraction of sp³-hybridized carbons (Fsp3) is 0.556. The Labute approximate surface area is 134 Å². The SMILES string of the molecule is CCCN(CCC)C(=O)CN(C(C)=O)c1cc(C)ccc1C. The van der Waals surface area contributed by atoms with Crippen LogP contribution in [-0.2, 0) is 9.59 Å². The topological polar surface area (TPSA) is 40.6 Å². The number of aryl methyl sites for hydroxylation is 2. The van der Waals surface area contributed by atoms with E-state index in [2.05, 4.69) is 13.8 Å². The van der Waals surface area contributed by atoms with E-state index < -0.39 is 0 Å². The molecule has 22 heavy (non-hydrogen) atoms. The van der Waals surface area contributed by atoms with Gasteiger partial charge in [-0.05, 0) is 43.9 Å². The Morgan fingerprint density at radius 1 is 1.05 bits per heavy atom. The molecule has 0 unspecified atom stereocenters. The fourth-order valence-corrected chi connectivity index (χ4v) is 2.51. The van der Waals surface area contributed by atoms with Crippen molar-refractivity contribution in [2.45, 2.75) is 47.5 Å². The van der Waals surface area contributed by atoms with Crippen LogP contribution in [0.5, 0.6) is 0 Å². The molecule has 1 aromatic rings. The van der Waals surface area contributed by atoms with Gasteiger partial charge in [-0.25, -0.2) is 0 Å². The normalized spacial score (nSPS) is 10.4. The lowest BCUT2D eigenvalue weighted by molar-refractivity contribution is -0.131. The van der Waals surface area contributed by atoms with Gasteiger partial charge in [0.25, 0.3) is 0 Å². The van der Waals surface area contributed by atoms with E-state index in [0.29, 0.717) is 0 Å². The Morgan fingerprint density at radius 2 is 1.64 bits per heavy atom. The van der Waals surface area contributed by atoms with Gasteiger partial charge >= 0.3 is 0 Å². The van der Waals surface area contributed by atoms with E-state index in [9.17, 15) is 9.59 Å². The molecule has 4 nitrogen and oxygen atoms in total. The number of amides is 2. The van der Waals surface area contributed by atoms with Crippen molar-refractivity contribution in [3.05, 3.63) is 29.3 Å². The Bertz CT molecular complexity index is 520. The molecule has 0 saturated carbocycles. The quantitative estimate of drug-likeness (QED) is 0.775. The number of nitrogens with zero attached hydrogens (tertiary/aromatic N) is 2. The highest BCUT2D eigenvalue weighted by Gasteiger charge is 2.21. The molecule has 0 aliphatic carbocycles. The highest BCUT2D eigenvalue weighted by Crippen LogP contribution is 2.22. The van der Waals surface area contributed by atoms with Gasteiger partial charge in [0.1, 0.15) is 6.54 Å². The summed E-state index contributed by atoms with van der Waals surface area (Å²) in [6.07, 6.45) is 1.85. The summed E-state index contributed by atoms with van der Waals surface area (Å²) in [7, 11) is 0. The highest BCUT2D eigenvalue weighted by atomic mass is 16.2. The molecule has 1 aromatic carbocycles. The summed E-state index contributed by atoms with van der Waals surface area (Å²) in [4.78, 5) is 28.0. The van der Waals surface area contributed by atoms with Crippen LogP contribution in [0.4, 0.5) is 5.69 Å². The second-order valence-corrected chi connectivity index (χ2v) is 5.78. The van der Waals surface area contributed by atoms with Gasteiger partial charge in [-0.1, -0.05) is 26.0 Å². The van der Waals surface area contributed by atoms with Crippen molar-refractivity contribution in [2.24, 2.45) is 0 Å². The van der Waals surface area contributed by atoms with Crippen molar-refractivity contribution in [2.75, 3.05) is 24.5 Å². The molecule has 0 saturated heterocycles. The highest BCUT2D eigenvalue weighted by molar-refractivity contribution is 5.98. The monoisotopic (exact) mass is 304 g/mol. The van der Waals surface area contributed by atoms with E-state index in [-0.39, 0.29) is 18.4 Å². The van der Waals surface area contributed by atoms with Crippen LogP contribution >= 0.6 is 0 Å². The van der Waals surface area contributed by atoms with Gasteiger partial charge in [-0.15, -0.1) is 0 Å². The maximum Gasteiger partial charge on any atom is 0.242 e. The van der Waals surface area contributed by atoms with E-state index in [4.69, 9.17) is 0 Å². The molecule has 0 heterocycles. The van der Waals surface area contributed by atoms with Crippen molar-refractivity contribution in [1.82, 2.24) is 4.90 Å². The van der Waals surface area contributed by atoms with Crippen LogP contribution in [-0.4, -0.2) is 36.3 Å². The van der Waals surface area contributed by atoms with E-state index in [0.717, 1.165) is 42.7 Å². The zero-order valence-electron chi connectivity index (χ0n) is 14.5. The third-order valence-corrected chi connectivity index (χ3v) is 3.67. The molecule has 2 amide bonds. The number of hydrogen-bond donors (Lipinski definition) is 0. The van der Waals surface area contributed by atoms with Gasteiger partial charge in [0.2, 0.25) is 11.8 Å². The number of hydrogen-bond acceptors (Lipinski definition) is 2. The zero-order valence-corrected chi connectivity index (χ0v) is 14.5. The molecule has 4 heteroatoms. The number of carbonyl (C=O) groups is 2.